The van der Waals surface area contributed by atoms with Gasteiger partial charge in [-0.15, -0.1) is 0 Å². The van der Waals surface area contributed by atoms with Crippen molar-refractivity contribution in [2.75, 3.05) is 63.7 Å². The molecule has 0 unspecified atom stereocenters. The van der Waals surface area contributed by atoms with Gasteiger partial charge in [0.05, 0.1) is 12.0 Å². The third kappa shape index (κ3) is 3.97. The fraction of sp³-hybridized carbons (Fsp3) is 0.391. The molecule has 0 saturated carbocycles. The summed E-state index contributed by atoms with van der Waals surface area (Å²) in [5.41, 5.74) is 2.64. The molecule has 8 nitrogen and oxygen atoms in total. The van der Waals surface area contributed by atoms with E-state index < -0.39 is 0 Å². The van der Waals surface area contributed by atoms with Crippen LogP contribution >= 0.6 is 0 Å². The highest BCUT2D eigenvalue weighted by Gasteiger charge is 2.26. The highest BCUT2D eigenvalue weighted by Crippen LogP contribution is 2.40. The Morgan fingerprint density at radius 1 is 1.06 bits per heavy atom. The zero-order chi connectivity index (χ0) is 22.0. The van der Waals surface area contributed by atoms with Crippen LogP contribution in [-0.4, -0.2) is 73.8 Å². The number of anilines is 2. The summed E-state index contributed by atoms with van der Waals surface area (Å²) in [6, 6.07) is 12.2. The lowest BCUT2D eigenvalue weighted by atomic mass is 9.97. The van der Waals surface area contributed by atoms with Gasteiger partial charge in [0.15, 0.2) is 5.65 Å². The van der Waals surface area contributed by atoms with Crippen LogP contribution < -0.4 is 14.5 Å². The van der Waals surface area contributed by atoms with Crippen molar-refractivity contribution in [2.45, 2.75) is 6.92 Å². The van der Waals surface area contributed by atoms with Gasteiger partial charge >= 0.3 is 0 Å². The molecule has 1 saturated heterocycles. The second kappa shape index (κ2) is 8.74. The Balaban J connectivity index is 2.08. The average Bonchev–Trinajstić information content (AvgIpc) is 2.78. The van der Waals surface area contributed by atoms with Crippen LogP contribution in [0, 0.1) is 11.3 Å². The molecule has 0 spiro atoms. The van der Waals surface area contributed by atoms with Gasteiger partial charge in [0.1, 0.15) is 17.5 Å². The van der Waals surface area contributed by atoms with Gasteiger partial charge in [-0.25, -0.2) is 0 Å². The van der Waals surface area contributed by atoms with Gasteiger partial charge in [-0.3, -0.25) is 0 Å². The molecule has 1 fully saturated rings. The summed E-state index contributed by atoms with van der Waals surface area (Å²) >= 11 is 0. The quantitative estimate of drug-likeness (QED) is 0.627. The van der Waals surface area contributed by atoms with E-state index >= 15 is 0 Å². The Kier molecular flexibility index (Phi) is 5.87. The van der Waals surface area contributed by atoms with Gasteiger partial charge in [-0.1, -0.05) is 30.3 Å². The molecule has 4 rings (SSSR count). The van der Waals surface area contributed by atoms with E-state index in [0.717, 1.165) is 48.5 Å². The van der Waals surface area contributed by atoms with E-state index in [4.69, 9.17) is 14.7 Å². The zero-order valence-corrected chi connectivity index (χ0v) is 18.5. The lowest BCUT2D eigenvalue weighted by Crippen LogP contribution is -2.45. The number of fused-ring (bicyclic) bond motifs is 1. The average molecular weight is 418 g/mol. The van der Waals surface area contributed by atoms with Crippen LogP contribution in [0.4, 0.5) is 11.8 Å². The summed E-state index contributed by atoms with van der Waals surface area (Å²) in [6.07, 6.45) is 0. The normalized spacial score (nSPS) is 14.5. The van der Waals surface area contributed by atoms with E-state index in [1.807, 2.05) is 56.3 Å². The fourth-order valence-electron chi connectivity index (χ4n) is 3.80. The molecule has 0 N–H and O–H groups in total. The van der Waals surface area contributed by atoms with Crippen LogP contribution in [0.15, 0.2) is 30.3 Å². The highest BCUT2D eigenvalue weighted by atomic mass is 16.5. The first-order chi connectivity index (χ1) is 15.0. The van der Waals surface area contributed by atoms with Crippen molar-refractivity contribution in [3.63, 3.8) is 0 Å². The van der Waals surface area contributed by atoms with Gasteiger partial charge in [0, 0.05) is 45.8 Å². The number of aromatic nitrogens is 3. The van der Waals surface area contributed by atoms with Crippen LogP contribution in [0.1, 0.15) is 12.5 Å². The van der Waals surface area contributed by atoms with E-state index in [1.165, 1.54) is 0 Å². The third-order valence-corrected chi connectivity index (χ3v) is 5.44. The minimum atomic E-state index is 0.309. The molecule has 0 atom stereocenters. The molecule has 0 radical (unpaired) electrons. The third-order valence-electron chi connectivity index (χ3n) is 5.44. The minimum absolute atomic E-state index is 0.309. The van der Waals surface area contributed by atoms with Crippen LogP contribution in [0.3, 0.4) is 0 Å². The summed E-state index contributed by atoms with van der Waals surface area (Å²) in [7, 11) is 5.96. The van der Waals surface area contributed by atoms with Crippen molar-refractivity contribution in [3.8, 4) is 23.1 Å². The summed E-state index contributed by atoms with van der Waals surface area (Å²) in [4.78, 5) is 20.8. The number of benzene rings is 1. The molecular weight excluding hydrogens is 390 g/mol. The monoisotopic (exact) mass is 417 g/mol. The molecule has 2 aromatic heterocycles. The molecule has 1 aromatic carbocycles. The number of likely N-dealkylation sites (N-methyl/N-ethyl adjacent to an activating group) is 1. The van der Waals surface area contributed by atoms with Crippen LogP contribution in [-0.2, 0) is 0 Å². The van der Waals surface area contributed by atoms with Crippen molar-refractivity contribution in [3.05, 3.63) is 35.9 Å². The van der Waals surface area contributed by atoms with E-state index in [1.54, 1.807) is 0 Å². The fourth-order valence-corrected chi connectivity index (χ4v) is 3.80. The number of rotatable bonds is 5. The predicted molar refractivity (Wildman–Crippen MR) is 123 cm³/mol. The summed E-state index contributed by atoms with van der Waals surface area (Å²) in [6.45, 7) is 5.88. The van der Waals surface area contributed by atoms with E-state index in [9.17, 15) is 5.26 Å². The van der Waals surface area contributed by atoms with Gasteiger partial charge in [-0.2, -0.15) is 20.2 Å². The SMILES string of the molecule is CCOc1nc2nc(N(C)C)nc(N3CCN(C)CC3)c2c(-c2ccccc2)c1C#N. The summed E-state index contributed by atoms with van der Waals surface area (Å²) in [5, 5.41) is 10.9. The van der Waals surface area contributed by atoms with Crippen LogP contribution in [0.25, 0.3) is 22.2 Å². The Morgan fingerprint density at radius 2 is 1.77 bits per heavy atom. The minimum Gasteiger partial charge on any atom is -0.477 e. The molecule has 0 amide bonds. The number of hydrogen-bond donors (Lipinski definition) is 0. The van der Waals surface area contributed by atoms with Gasteiger partial charge < -0.3 is 19.4 Å². The van der Waals surface area contributed by atoms with Crippen molar-refractivity contribution < 1.29 is 4.74 Å². The smallest absolute Gasteiger partial charge is 0.234 e. The summed E-state index contributed by atoms with van der Waals surface area (Å²) in [5.74, 6) is 1.71. The van der Waals surface area contributed by atoms with Crippen molar-refractivity contribution in [1.82, 2.24) is 19.9 Å². The van der Waals surface area contributed by atoms with Crippen molar-refractivity contribution >= 4 is 22.8 Å². The maximum Gasteiger partial charge on any atom is 0.234 e. The number of ether oxygens (including phenoxy) is 1. The molecule has 160 valence electrons. The van der Waals surface area contributed by atoms with E-state index in [2.05, 4.69) is 27.9 Å². The van der Waals surface area contributed by atoms with Gasteiger partial charge in [0.2, 0.25) is 11.8 Å². The van der Waals surface area contributed by atoms with E-state index in [0.29, 0.717) is 29.6 Å². The van der Waals surface area contributed by atoms with Crippen LogP contribution in [0.5, 0.6) is 5.88 Å². The number of hydrogen-bond acceptors (Lipinski definition) is 8. The first-order valence-corrected chi connectivity index (χ1v) is 10.5. The molecule has 1 aliphatic heterocycles. The Morgan fingerprint density at radius 3 is 2.39 bits per heavy atom. The Bertz CT molecular complexity index is 1120. The molecule has 0 aliphatic carbocycles. The van der Waals surface area contributed by atoms with Crippen molar-refractivity contribution in [1.29, 1.82) is 5.26 Å². The number of piperazine rings is 1. The maximum atomic E-state index is 10.1. The molecule has 0 bridgehead atoms. The number of pyridine rings is 1. The van der Waals surface area contributed by atoms with Gasteiger partial charge in [0.25, 0.3) is 0 Å². The second-order valence-electron chi connectivity index (χ2n) is 7.81. The Hall–Kier alpha value is -3.44. The largest absolute Gasteiger partial charge is 0.477 e. The maximum absolute atomic E-state index is 10.1. The Labute approximate surface area is 182 Å². The molecular formula is C23H27N7O. The topological polar surface area (TPSA) is 81.4 Å². The lowest BCUT2D eigenvalue weighted by molar-refractivity contribution is 0.312. The summed E-state index contributed by atoms with van der Waals surface area (Å²) < 4.78 is 5.77. The molecule has 1 aliphatic rings. The predicted octanol–water partition coefficient (Wildman–Crippen LogP) is 2.78. The second-order valence-corrected chi connectivity index (χ2v) is 7.81. The first-order valence-electron chi connectivity index (χ1n) is 10.5. The number of nitrogens with zero attached hydrogens (tertiary/aromatic N) is 7. The number of nitriles is 1. The highest BCUT2D eigenvalue weighted by molar-refractivity contribution is 6.04. The van der Waals surface area contributed by atoms with Crippen molar-refractivity contribution in [2.24, 2.45) is 0 Å². The molecule has 3 aromatic rings. The van der Waals surface area contributed by atoms with Crippen LogP contribution in [0.2, 0.25) is 0 Å². The molecule has 31 heavy (non-hydrogen) atoms. The molecule has 3 heterocycles. The van der Waals surface area contributed by atoms with Gasteiger partial charge in [-0.05, 0) is 19.5 Å². The first kappa shape index (κ1) is 20.8. The standard InChI is InChI=1S/C23H27N7O/c1-5-31-22-17(15-24)18(16-9-7-6-8-10-16)19-20(25-22)26-23(28(2)3)27-21(19)30-13-11-29(4)12-14-30/h6-10H,5,11-14H2,1-4H3. The lowest BCUT2D eigenvalue weighted by Gasteiger charge is -2.34. The zero-order valence-electron chi connectivity index (χ0n) is 18.5. The molecule has 8 heteroatoms. The van der Waals surface area contributed by atoms with E-state index in [-0.39, 0.29) is 0 Å².